The fourth-order valence-corrected chi connectivity index (χ4v) is 4.23. The van der Waals surface area contributed by atoms with E-state index >= 15 is 0 Å². The second-order valence-electron chi connectivity index (χ2n) is 8.93. The van der Waals surface area contributed by atoms with Gasteiger partial charge in [0.1, 0.15) is 0 Å². The number of nitrogens with zero attached hydrogens (tertiary/aromatic N) is 4. The van der Waals surface area contributed by atoms with Gasteiger partial charge in [-0.1, -0.05) is 18.2 Å². The lowest BCUT2D eigenvalue weighted by molar-refractivity contribution is -0.00834. The number of guanidine groups is 1. The number of hydrogen-bond acceptors (Lipinski definition) is 5. The maximum absolute atomic E-state index is 5.49. The van der Waals surface area contributed by atoms with Gasteiger partial charge >= 0.3 is 0 Å². The standard InChI is InChI=1S/C23H40N6O/c1-20(27-10-12-28(13-11-27)21-8-6-5-7-9-21)18-25-22(24-4)26-19-23(2,3)29-14-16-30-17-15-29/h5-9,20H,10-19H2,1-4H3,(H2,24,25,26). The second kappa shape index (κ2) is 11.0. The van der Waals surface area contributed by atoms with E-state index in [1.807, 2.05) is 7.05 Å². The molecule has 0 saturated carbocycles. The van der Waals surface area contributed by atoms with Gasteiger partial charge < -0.3 is 20.3 Å². The van der Waals surface area contributed by atoms with Gasteiger partial charge in [0.25, 0.3) is 0 Å². The molecule has 0 spiro atoms. The van der Waals surface area contributed by atoms with Crippen molar-refractivity contribution in [2.24, 2.45) is 4.99 Å². The van der Waals surface area contributed by atoms with Crippen molar-refractivity contribution < 1.29 is 4.74 Å². The van der Waals surface area contributed by atoms with Crippen LogP contribution in [0, 0.1) is 0 Å². The van der Waals surface area contributed by atoms with Gasteiger partial charge in [-0.05, 0) is 32.9 Å². The molecule has 0 amide bonds. The van der Waals surface area contributed by atoms with Crippen LogP contribution >= 0.6 is 0 Å². The zero-order valence-corrected chi connectivity index (χ0v) is 19.2. The van der Waals surface area contributed by atoms with Crippen LogP contribution in [0.3, 0.4) is 0 Å². The fraction of sp³-hybridized carbons (Fsp3) is 0.696. The lowest BCUT2D eigenvalue weighted by Gasteiger charge is -2.41. The summed E-state index contributed by atoms with van der Waals surface area (Å²) in [6.07, 6.45) is 0. The average molecular weight is 417 g/mol. The Kier molecular flexibility index (Phi) is 8.36. The van der Waals surface area contributed by atoms with Gasteiger partial charge in [-0.3, -0.25) is 14.8 Å². The Labute approximate surface area is 182 Å². The van der Waals surface area contributed by atoms with Gasteiger partial charge in [-0.15, -0.1) is 0 Å². The molecule has 1 atom stereocenters. The van der Waals surface area contributed by atoms with Gasteiger partial charge in [-0.25, -0.2) is 0 Å². The molecule has 1 aromatic carbocycles. The molecule has 7 nitrogen and oxygen atoms in total. The second-order valence-corrected chi connectivity index (χ2v) is 8.93. The van der Waals surface area contributed by atoms with Crippen molar-refractivity contribution in [3.05, 3.63) is 30.3 Å². The molecule has 1 unspecified atom stereocenters. The molecule has 2 aliphatic rings. The smallest absolute Gasteiger partial charge is 0.191 e. The quantitative estimate of drug-likeness (QED) is 0.519. The van der Waals surface area contributed by atoms with E-state index in [4.69, 9.17) is 4.74 Å². The van der Waals surface area contributed by atoms with Crippen molar-refractivity contribution in [2.45, 2.75) is 32.4 Å². The third kappa shape index (κ3) is 6.33. The summed E-state index contributed by atoms with van der Waals surface area (Å²) in [5, 5.41) is 7.05. The Balaban J connectivity index is 1.39. The zero-order chi connectivity index (χ0) is 21.4. The summed E-state index contributed by atoms with van der Waals surface area (Å²) < 4.78 is 5.49. The third-order valence-corrected chi connectivity index (χ3v) is 6.40. The van der Waals surface area contributed by atoms with E-state index in [0.29, 0.717) is 6.04 Å². The largest absolute Gasteiger partial charge is 0.379 e. The maximum Gasteiger partial charge on any atom is 0.191 e. The van der Waals surface area contributed by atoms with Crippen LogP contribution in [0.4, 0.5) is 5.69 Å². The van der Waals surface area contributed by atoms with Crippen LogP contribution in [0.5, 0.6) is 0 Å². The predicted octanol–water partition coefficient (Wildman–Crippen LogP) is 1.47. The van der Waals surface area contributed by atoms with E-state index in [-0.39, 0.29) is 5.54 Å². The molecule has 2 saturated heterocycles. The lowest BCUT2D eigenvalue weighted by atomic mass is 10.0. The number of anilines is 1. The van der Waals surface area contributed by atoms with Gasteiger partial charge in [0.05, 0.1) is 13.2 Å². The first-order chi connectivity index (χ1) is 14.5. The van der Waals surface area contributed by atoms with Crippen LogP contribution in [-0.2, 0) is 4.74 Å². The first kappa shape index (κ1) is 22.8. The van der Waals surface area contributed by atoms with Gasteiger partial charge in [0.2, 0.25) is 0 Å². The fourth-order valence-electron chi connectivity index (χ4n) is 4.23. The summed E-state index contributed by atoms with van der Waals surface area (Å²) in [6.45, 7) is 16.6. The molecule has 0 aliphatic carbocycles. The van der Waals surface area contributed by atoms with Crippen molar-refractivity contribution in [2.75, 3.05) is 77.5 Å². The third-order valence-electron chi connectivity index (χ3n) is 6.40. The van der Waals surface area contributed by atoms with Crippen molar-refractivity contribution in [1.82, 2.24) is 20.4 Å². The van der Waals surface area contributed by atoms with Gasteiger partial charge in [0.15, 0.2) is 5.96 Å². The van der Waals surface area contributed by atoms with Crippen LogP contribution < -0.4 is 15.5 Å². The molecule has 7 heteroatoms. The van der Waals surface area contributed by atoms with E-state index in [0.717, 1.165) is 71.5 Å². The van der Waals surface area contributed by atoms with E-state index in [1.165, 1.54) is 5.69 Å². The van der Waals surface area contributed by atoms with Crippen molar-refractivity contribution in [3.63, 3.8) is 0 Å². The number of para-hydroxylation sites is 1. The van der Waals surface area contributed by atoms with Crippen LogP contribution in [0.1, 0.15) is 20.8 Å². The molecular weight excluding hydrogens is 376 g/mol. The topological polar surface area (TPSA) is 55.4 Å². The number of rotatable bonds is 7. The Morgan fingerprint density at radius 1 is 1.03 bits per heavy atom. The van der Waals surface area contributed by atoms with Crippen LogP contribution in [0.25, 0.3) is 0 Å². The highest BCUT2D eigenvalue weighted by atomic mass is 16.5. The average Bonchev–Trinajstić information content (AvgIpc) is 2.80. The molecule has 30 heavy (non-hydrogen) atoms. The van der Waals surface area contributed by atoms with Crippen LogP contribution in [0.2, 0.25) is 0 Å². The van der Waals surface area contributed by atoms with E-state index in [2.05, 4.69) is 81.4 Å². The number of benzene rings is 1. The van der Waals surface area contributed by atoms with Crippen molar-refractivity contribution >= 4 is 11.6 Å². The maximum atomic E-state index is 5.49. The zero-order valence-electron chi connectivity index (χ0n) is 19.2. The van der Waals surface area contributed by atoms with E-state index in [9.17, 15) is 0 Å². The summed E-state index contributed by atoms with van der Waals surface area (Å²) in [7, 11) is 1.85. The normalized spacial score (nSPS) is 20.8. The molecule has 2 heterocycles. The summed E-state index contributed by atoms with van der Waals surface area (Å²) >= 11 is 0. The molecule has 2 N–H and O–H groups in total. The Hall–Kier alpha value is -1.83. The highest BCUT2D eigenvalue weighted by Crippen LogP contribution is 2.17. The summed E-state index contributed by atoms with van der Waals surface area (Å²) in [5.41, 5.74) is 1.40. The first-order valence-electron chi connectivity index (χ1n) is 11.3. The Morgan fingerprint density at radius 3 is 2.33 bits per heavy atom. The molecule has 0 radical (unpaired) electrons. The van der Waals surface area contributed by atoms with Crippen LogP contribution in [-0.4, -0.2) is 100.0 Å². The lowest BCUT2D eigenvalue weighted by Crippen LogP contribution is -2.57. The summed E-state index contributed by atoms with van der Waals surface area (Å²) in [6, 6.07) is 11.2. The number of nitrogens with one attached hydrogen (secondary N) is 2. The minimum absolute atomic E-state index is 0.0702. The monoisotopic (exact) mass is 416 g/mol. The Morgan fingerprint density at radius 2 is 1.70 bits per heavy atom. The molecule has 1 aromatic rings. The molecule has 168 valence electrons. The van der Waals surface area contributed by atoms with Gasteiger partial charge in [-0.2, -0.15) is 0 Å². The number of morpholine rings is 1. The molecule has 3 rings (SSSR count). The predicted molar refractivity (Wildman–Crippen MR) is 126 cm³/mol. The number of piperazine rings is 1. The Bertz CT molecular complexity index is 651. The highest BCUT2D eigenvalue weighted by molar-refractivity contribution is 5.79. The number of hydrogen-bond donors (Lipinski definition) is 2. The number of ether oxygens (including phenoxy) is 1. The molecule has 0 aromatic heterocycles. The summed E-state index contributed by atoms with van der Waals surface area (Å²) in [4.78, 5) is 12.0. The molecule has 0 bridgehead atoms. The van der Waals surface area contributed by atoms with Crippen molar-refractivity contribution in [3.8, 4) is 0 Å². The number of aliphatic imine (C=N–C) groups is 1. The van der Waals surface area contributed by atoms with E-state index < -0.39 is 0 Å². The molecular formula is C23H40N6O. The van der Waals surface area contributed by atoms with E-state index in [1.54, 1.807) is 0 Å². The SMILES string of the molecule is CN=C(NCC(C)N1CCN(c2ccccc2)CC1)NCC(C)(C)N1CCOCC1. The minimum Gasteiger partial charge on any atom is -0.379 e. The summed E-state index contributed by atoms with van der Waals surface area (Å²) in [5.74, 6) is 0.881. The van der Waals surface area contributed by atoms with Crippen LogP contribution in [0.15, 0.2) is 35.3 Å². The van der Waals surface area contributed by atoms with Crippen molar-refractivity contribution in [1.29, 1.82) is 0 Å². The van der Waals surface area contributed by atoms with Gasteiger partial charge in [0, 0.05) is 76.7 Å². The highest BCUT2D eigenvalue weighted by Gasteiger charge is 2.28. The minimum atomic E-state index is 0.0702. The molecule has 2 fully saturated rings. The first-order valence-corrected chi connectivity index (χ1v) is 11.3. The molecule has 2 aliphatic heterocycles.